The molecule has 6 nitrogen and oxygen atoms in total. The van der Waals surface area contributed by atoms with E-state index >= 15 is 0 Å². The van der Waals surface area contributed by atoms with Crippen LogP contribution in [-0.2, 0) is 4.74 Å². The third-order valence-corrected chi connectivity index (χ3v) is 4.78. The molecule has 7 heteroatoms. The largest absolute Gasteiger partial charge is 0.496 e. The number of carbonyl (C=O) groups is 1. The molecule has 0 atom stereocenters. The molecule has 26 heavy (non-hydrogen) atoms. The number of methoxy groups -OCH3 is 1. The van der Waals surface area contributed by atoms with Crippen molar-refractivity contribution in [2.24, 2.45) is 0 Å². The predicted molar refractivity (Wildman–Crippen MR) is 107 cm³/mol. The smallest absolute Gasteiger partial charge is 0.259 e. The molecule has 0 radical (unpaired) electrons. The molecule has 2 aromatic carbocycles. The zero-order valence-corrected chi connectivity index (χ0v) is 16.4. The summed E-state index contributed by atoms with van der Waals surface area (Å²) >= 11 is 3.42. The first kappa shape index (κ1) is 18.5. The maximum absolute atomic E-state index is 12.7. The second kappa shape index (κ2) is 7.97. The Bertz CT molecular complexity index is 820. The van der Waals surface area contributed by atoms with Gasteiger partial charge in [0.15, 0.2) is 0 Å². The molecular formula is C19H22BrN3O3. The number of hydrogen-bond acceptors (Lipinski definition) is 5. The molecule has 0 bridgehead atoms. The van der Waals surface area contributed by atoms with Crippen molar-refractivity contribution in [3.63, 3.8) is 0 Å². The molecule has 0 unspecified atom stereocenters. The van der Waals surface area contributed by atoms with E-state index in [4.69, 9.17) is 15.2 Å². The van der Waals surface area contributed by atoms with Gasteiger partial charge in [-0.15, -0.1) is 0 Å². The zero-order valence-electron chi connectivity index (χ0n) is 14.8. The lowest BCUT2D eigenvalue weighted by molar-refractivity contribution is 0.102. The van der Waals surface area contributed by atoms with Gasteiger partial charge in [0.05, 0.1) is 37.3 Å². The van der Waals surface area contributed by atoms with E-state index in [1.807, 2.05) is 25.1 Å². The van der Waals surface area contributed by atoms with Crippen molar-refractivity contribution in [3.8, 4) is 5.75 Å². The second-order valence-electron chi connectivity index (χ2n) is 6.13. The fourth-order valence-electron chi connectivity index (χ4n) is 3.09. The van der Waals surface area contributed by atoms with Crippen molar-refractivity contribution in [1.29, 1.82) is 0 Å². The van der Waals surface area contributed by atoms with E-state index in [9.17, 15) is 4.79 Å². The Morgan fingerprint density at radius 1 is 1.27 bits per heavy atom. The average molecular weight is 420 g/mol. The molecule has 3 rings (SSSR count). The standard InChI is InChI=1S/C19H22BrN3O3/c1-12-9-13(20)10-15(18(12)25-2)19(24)22-14-3-4-17(16(21)11-14)23-5-7-26-8-6-23/h3-4,9-11H,5-8,21H2,1-2H3,(H,22,24). The third kappa shape index (κ3) is 3.94. The normalized spacial score (nSPS) is 14.2. The van der Waals surface area contributed by atoms with Gasteiger partial charge >= 0.3 is 0 Å². The number of halogens is 1. The van der Waals surface area contributed by atoms with Crippen LogP contribution in [0.15, 0.2) is 34.8 Å². The number of nitrogens with zero attached hydrogens (tertiary/aromatic N) is 1. The molecule has 0 saturated carbocycles. The van der Waals surface area contributed by atoms with Crippen molar-refractivity contribution in [3.05, 3.63) is 45.9 Å². The van der Waals surface area contributed by atoms with Crippen molar-refractivity contribution >= 4 is 38.9 Å². The number of anilines is 3. The number of benzene rings is 2. The van der Waals surface area contributed by atoms with E-state index in [1.165, 1.54) is 0 Å². The summed E-state index contributed by atoms with van der Waals surface area (Å²) in [5.74, 6) is 0.313. The van der Waals surface area contributed by atoms with Crippen LogP contribution in [0.1, 0.15) is 15.9 Å². The molecule has 138 valence electrons. The van der Waals surface area contributed by atoms with E-state index < -0.39 is 0 Å². The third-order valence-electron chi connectivity index (χ3n) is 4.33. The lowest BCUT2D eigenvalue weighted by Gasteiger charge is -2.30. The first-order valence-electron chi connectivity index (χ1n) is 8.37. The average Bonchev–Trinajstić information content (AvgIpc) is 2.62. The van der Waals surface area contributed by atoms with E-state index in [1.54, 1.807) is 19.2 Å². The molecule has 0 aliphatic carbocycles. The Kier molecular flexibility index (Phi) is 5.68. The van der Waals surface area contributed by atoms with E-state index in [2.05, 4.69) is 26.1 Å². The summed E-state index contributed by atoms with van der Waals surface area (Å²) in [4.78, 5) is 14.9. The Morgan fingerprint density at radius 2 is 2.00 bits per heavy atom. The fourth-order valence-corrected chi connectivity index (χ4v) is 3.66. The summed E-state index contributed by atoms with van der Waals surface area (Å²) in [5.41, 5.74) is 9.79. The van der Waals surface area contributed by atoms with E-state index in [0.29, 0.717) is 35.9 Å². The maximum Gasteiger partial charge on any atom is 0.259 e. The highest BCUT2D eigenvalue weighted by molar-refractivity contribution is 9.10. The second-order valence-corrected chi connectivity index (χ2v) is 7.05. The molecule has 1 aliphatic rings. The monoisotopic (exact) mass is 419 g/mol. The molecule has 3 N–H and O–H groups in total. The molecular weight excluding hydrogens is 398 g/mol. The van der Waals surface area contributed by atoms with Gasteiger partial charge in [0.2, 0.25) is 0 Å². The van der Waals surface area contributed by atoms with Gasteiger partial charge in [-0.2, -0.15) is 0 Å². The number of aryl methyl sites for hydroxylation is 1. The fraction of sp³-hybridized carbons (Fsp3) is 0.316. The van der Waals surface area contributed by atoms with Gasteiger partial charge < -0.3 is 25.4 Å². The van der Waals surface area contributed by atoms with Gasteiger partial charge in [-0.1, -0.05) is 15.9 Å². The Labute approximate surface area is 161 Å². The summed E-state index contributed by atoms with van der Waals surface area (Å²) in [6.45, 7) is 4.91. The van der Waals surface area contributed by atoms with Crippen molar-refractivity contribution in [1.82, 2.24) is 0 Å². The molecule has 1 saturated heterocycles. The van der Waals surface area contributed by atoms with Gasteiger partial charge in [0.25, 0.3) is 5.91 Å². The SMILES string of the molecule is COc1c(C)cc(Br)cc1C(=O)Nc1ccc(N2CCOCC2)c(N)c1. The van der Waals surface area contributed by atoms with E-state index in [0.717, 1.165) is 28.8 Å². The number of ether oxygens (including phenoxy) is 2. The van der Waals surface area contributed by atoms with Crippen LogP contribution in [0.3, 0.4) is 0 Å². The van der Waals surface area contributed by atoms with Gasteiger partial charge in [-0.25, -0.2) is 0 Å². The minimum Gasteiger partial charge on any atom is -0.496 e. The maximum atomic E-state index is 12.7. The number of rotatable bonds is 4. The van der Waals surface area contributed by atoms with Crippen molar-refractivity contribution in [2.75, 3.05) is 49.4 Å². The van der Waals surface area contributed by atoms with Crippen molar-refractivity contribution in [2.45, 2.75) is 6.92 Å². The number of amides is 1. The van der Waals surface area contributed by atoms with Crippen LogP contribution in [0.5, 0.6) is 5.75 Å². The molecule has 0 aromatic heterocycles. The lowest BCUT2D eigenvalue weighted by Crippen LogP contribution is -2.36. The van der Waals surface area contributed by atoms with Crippen LogP contribution in [0.4, 0.5) is 17.1 Å². The molecule has 1 heterocycles. The number of nitrogens with one attached hydrogen (secondary N) is 1. The highest BCUT2D eigenvalue weighted by Crippen LogP contribution is 2.30. The molecule has 1 aliphatic heterocycles. The Hall–Kier alpha value is -2.25. The minimum absolute atomic E-state index is 0.246. The molecule has 0 spiro atoms. The lowest BCUT2D eigenvalue weighted by atomic mass is 10.1. The Balaban J connectivity index is 1.81. The minimum atomic E-state index is -0.246. The summed E-state index contributed by atoms with van der Waals surface area (Å²) in [7, 11) is 1.56. The summed E-state index contributed by atoms with van der Waals surface area (Å²) in [5, 5.41) is 2.90. The van der Waals surface area contributed by atoms with Crippen LogP contribution in [-0.4, -0.2) is 39.3 Å². The van der Waals surface area contributed by atoms with Crippen LogP contribution >= 0.6 is 15.9 Å². The highest BCUT2D eigenvalue weighted by atomic mass is 79.9. The Morgan fingerprint density at radius 3 is 2.65 bits per heavy atom. The summed E-state index contributed by atoms with van der Waals surface area (Å²) < 4.78 is 11.6. The van der Waals surface area contributed by atoms with Gasteiger partial charge in [-0.3, -0.25) is 4.79 Å². The molecule has 2 aromatic rings. The quantitative estimate of drug-likeness (QED) is 0.742. The number of hydrogen-bond donors (Lipinski definition) is 2. The first-order valence-corrected chi connectivity index (χ1v) is 9.16. The number of morpholine rings is 1. The number of carbonyl (C=O) groups excluding carboxylic acids is 1. The molecule has 1 amide bonds. The first-order chi connectivity index (χ1) is 12.5. The van der Waals surface area contributed by atoms with Gasteiger partial charge in [0, 0.05) is 23.2 Å². The van der Waals surface area contributed by atoms with Crippen LogP contribution in [0.25, 0.3) is 0 Å². The zero-order chi connectivity index (χ0) is 18.7. The van der Waals surface area contributed by atoms with Crippen LogP contribution < -0.4 is 20.7 Å². The van der Waals surface area contributed by atoms with Gasteiger partial charge in [0.1, 0.15) is 5.75 Å². The van der Waals surface area contributed by atoms with Gasteiger partial charge in [-0.05, 0) is 42.8 Å². The molecule has 1 fully saturated rings. The summed E-state index contributed by atoms with van der Waals surface area (Å²) in [6.07, 6.45) is 0. The van der Waals surface area contributed by atoms with Crippen molar-refractivity contribution < 1.29 is 14.3 Å². The highest BCUT2D eigenvalue weighted by Gasteiger charge is 2.17. The summed E-state index contributed by atoms with van der Waals surface area (Å²) in [6, 6.07) is 9.22. The van der Waals surface area contributed by atoms with E-state index in [-0.39, 0.29) is 5.91 Å². The topological polar surface area (TPSA) is 76.8 Å². The number of nitrogens with two attached hydrogens (primary N) is 1. The predicted octanol–water partition coefficient (Wildman–Crippen LogP) is 3.44. The number of nitrogen functional groups attached to an aromatic ring is 1. The van der Waals surface area contributed by atoms with Crippen LogP contribution in [0, 0.1) is 6.92 Å². The van der Waals surface area contributed by atoms with Crippen LogP contribution in [0.2, 0.25) is 0 Å².